The van der Waals surface area contributed by atoms with Crippen LogP contribution in [0.25, 0.3) is 0 Å². The molecular weight excluding hydrogens is 384 g/mol. The lowest BCUT2D eigenvalue weighted by Gasteiger charge is -2.27. The van der Waals surface area contributed by atoms with Crippen LogP contribution in [0.4, 0.5) is 0 Å². The molecule has 3 nitrogen and oxygen atoms in total. The van der Waals surface area contributed by atoms with Crippen LogP contribution in [0, 0.1) is 12.3 Å². The maximum Gasteiger partial charge on any atom is 0.305 e. The third kappa shape index (κ3) is 11.1. The highest BCUT2D eigenvalue weighted by Gasteiger charge is 2.25. The molecule has 0 saturated carbocycles. The topological polar surface area (TPSA) is 46.5 Å². The van der Waals surface area contributed by atoms with Crippen LogP contribution in [0.1, 0.15) is 122 Å². The fourth-order valence-corrected chi connectivity index (χ4v) is 4.06. The molecule has 1 rings (SSSR count). The second-order valence-corrected chi connectivity index (χ2v) is 11.1. The second-order valence-electron chi connectivity index (χ2n) is 11.1. The van der Waals surface area contributed by atoms with Gasteiger partial charge in [-0.25, -0.2) is 0 Å². The SMILES string of the molecule is CCCCCCCCCCCC(=O)OCC(C)(C)Cc1cc(C)c(O)c(C(C)(C)C)c1. The number of hydrogen-bond donors (Lipinski definition) is 1. The average Bonchev–Trinajstić information content (AvgIpc) is 2.66. The monoisotopic (exact) mass is 432 g/mol. The highest BCUT2D eigenvalue weighted by molar-refractivity contribution is 5.69. The van der Waals surface area contributed by atoms with Crippen molar-refractivity contribution in [2.75, 3.05) is 6.61 Å². The molecule has 1 N–H and O–H groups in total. The Bertz CT molecular complexity index is 668. The zero-order chi connectivity index (χ0) is 23.5. The minimum Gasteiger partial charge on any atom is -0.507 e. The van der Waals surface area contributed by atoms with Crippen LogP contribution in [0.5, 0.6) is 5.75 Å². The lowest BCUT2D eigenvalue weighted by atomic mass is 9.80. The Morgan fingerprint density at radius 1 is 0.903 bits per heavy atom. The van der Waals surface area contributed by atoms with Gasteiger partial charge in [-0.1, -0.05) is 105 Å². The maximum atomic E-state index is 12.2. The van der Waals surface area contributed by atoms with Crippen LogP contribution >= 0.6 is 0 Å². The van der Waals surface area contributed by atoms with E-state index in [0.29, 0.717) is 18.8 Å². The van der Waals surface area contributed by atoms with E-state index in [4.69, 9.17) is 4.74 Å². The average molecular weight is 433 g/mol. The molecule has 3 heteroatoms. The Balaban J connectivity index is 2.38. The molecule has 0 radical (unpaired) electrons. The molecule has 0 fully saturated rings. The molecule has 0 aliphatic heterocycles. The fraction of sp³-hybridized carbons (Fsp3) is 0.750. The summed E-state index contributed by atoms with van der Waals surface area (Å²) in [5.74, 6) is 0.315. The van der Waals surface area contributed by atoms with E-state index >= 15 is 0 Å². The molecule has 0 heterocycles. The van der Waals surface area contributed by atoms with Gasteiger partial charge in [-0.05, 0) is 41.9 Å². The number of unbranched alkanes of at least 4 members (excludes halogenated alkanes) is 8. The molecule has 1 aromatic carbocycles. The number of esters is 1. The smallest absolute Gasteiger partial charge is 0.305 e. The molecule has 0 aliphatic rings. The van der Waals surface area contributed by atoms with Gasteiger partial charge in [0.05, 0.1) is 6.61 Å². The molecule has 0 spiro atoms. The van der Waals surface area contributed by atoms with Crippen molar-refractivity contribution < 1.29 is 14.6 Å². The van der Waals surface area contributed by atoms with Gasteiger partial charge < -0.3 is 9.84 Å². The number of carbonyl (C=O) groups excluding carboxylic acids is 1. The molecule has 0 bridgehead atoms. The summed E-state index contributed by atoms with van der Waals surface area (Å²) in [6, 6.07) is 4.16. The quantitative estimate of drug-likeness (QED) is 0.239. The first-order valence-electron chi connectivity index (χ1n) is 12.4. The molecule has 0 amide bonds. The summed E-state index contributed by atoms with van der Waals surface area (Å²) in [5, 5.41) is 10.4. The van der Waals surface area contributed by atoms with Crippen molar-refractivity contribution in [3.8, 4) is 5.75 Å². The molecule has 0 aromatic heterocycles. The van der Waals surface area contributed by atoms with Crippen molar-refractivity contribution in [1.82, 2.24) is 0 Å². The van der Waals surface area contributed by atoms with Crippen LogP contribution in [0.2, 0.25) is 0 Å². The predicted molar refractivity (Wildman–Crippen MR) is 132 cm³/mol. The van der Waals surface area contributed by atoms with Crippen molar-refractivity contribution in [3.05, 3.63) is 28.8 Å². The summed E-state index contributed by atoms with van der Waals surface area (Å²) in [4.78, 5) is 12.2. The number of aryl methyl sites for hydroxylation is 1. The molecule has 0 saturated heterocycles. The van der Waals surface area contributed by atoms with Crippen molar-refractivity contribution in [1.29, 1.82) is 0 Å². The third-order valence-corrected chi connectivity index (χ3v) is 5.96. The molecule has 178 valence electrons. The van der Waals surface area contributed by atoms with Crippen LogP contribution in [0.3, 0.4) is 0 Å². The molecule has 0 aliphatic carbocycles. The molecule has 0 unspecified atom stereocenters. The van der Waals surface area contributed by atoms with Gasteiger partial charge in [-0.2, -0.15) is 0 Å². The summed E-state index contributed by atoms with van der Waals surface area (Å²) < 4.78 is 5.61. The first kappa shape index (κ1) is 27.5. The van der Waals surface area contributed by atoms with Crippen molar-refractivity contribution in [3.63, 3.8) is 0 Å². The van der Waals surface area contributed by atoms with Gasteiger partial charge >= 0.3 is 5.97 Å². The van der Waals surface area contributed by atoms with Gasteiger partial charge in [-0.15, -0.1) is 0 Å². The fourth-order valence-electron chi connectivity index (χ4n) is 4.06. The van der Waals surface area contributed by atoms with E-state index in [9.17, 15) is 9.90 Å². The number of aromatic hydroxyl groups is 1. The third-order valence-electron chi connectivity index (χ3n) is 5.96. The summed E-state index contributed by atoms with van der Waals surface area (Å²) in [6.45, 7) is 15.2. The minimum absolute atomic E-state index is 0.0757. The first-order chi connectivity index (χ1) is 14.5. The van der Waals surface area contributed by atoms with Crippen molar-refractivity contribution >= 4 is 5.97 Å². The molecule has 1 aromatic rings. The highest BCUT2D eigenvalue weighted by Crippen LogP contribution is 2.35. The molecular formula is C28H48O3. The Morgan fingerprint density at radius 2 is 1.45 bits per heavy atom. The predicted octanol–water partition coefficient (Wildman–Crippen LogP) is 8.03. The van der Waals surface area contributed by atoms with Gasteiger partial charge in [0, 0.05) is 11.8 Å². The van der Waals surface area contributed by atoms with Crippen LogP contribution in [-0.2, 0) is 21.4 Å². The Morgan fingerprint density at radius 3 is 2.00 bits per heavy atom. The van der Waals surface area contributed by atoms with Crippen LogP contribution < -0.4 is 0 Å². The summed E-state index contributed by atoms with van der Waals surface area (Å²) in [6.07, 6.45) is 12.6. The van der Waals surface area contributed by atoms with Crippen LogP contribution in [-0.4, -0.2) is 17.7 Å². The highest BCUT2D eigenvalue weighted by atomic mass is 16.5. The van der Waals surface area contributed by atoms with Crippen molar-refractivity contribution in [2.45, 2.75) is 125 Å². The van der Waals surface area contributed by atoms with Gasteiger partial charge in [0.1, 0.15) is 5.75 Å². The van der Waals surface area contributed by atoms with Gasteiger partial charge in [0.25, 0.3) is 0 Å². The van der Waals surface area contributed by atoms with E-state index < -0.39 is 0 Å². The minimum atomic E-state index is -0.146. The molecule has 31 heavy (non-hydrogen) atoms. The number of hydrogen-bond acceptors (Lipinski definition) is 3. The van der Waals surface area contributed by atoms with Crippen molar-refractivity contribution in [2.24, 2.45) is 5.41 Å². The van der Waals surface area contributed by atoms with E-state index in [-0.39, 0.29) is 16.8 Å². The van der Waals surface area contributed by atoms with E-state index in [1.165, 1.54) is 50.5 Å². The molecule has 0 atom stereocenters. The zero-order valence-electron chi connectivity index (χ0n) is 21.4. The normalized spacial score (nSPS) is 12.2. The van der Waals surface area contributed by atoms with E-state index in [1.807, 2.05) is 6.92 Å². The zero-order valence-corrected chi connectivity index (χ0v) is 21.4. The van der Waals surface area contributed by atoms with Crippen LogP contribution in [0.15, 0.2) is 12.1 Å². The standard InChI is InChI=1S/C28H48O3/c1-8-9-10-11-12-13-14-15-16-17-25(29)31-21-28(6,7)20-23-18-22(2)26(30)24(19-23)27(3,4)5/h18-19,30H,8-17,20-21H2,1-7H3. The van der Waals surface area contributed by atoms with E-state index in [0.717, 1.165) is 30.4 Å². The largest absolute Gasteiger partial charge is 0.507 e. The van der Waals surface area contributed by atoms with Gasteiger partial charge in [0.15, 0.2) is 0 Å². The van der Waals surface area contributed by atoms with E-state index in [1.54, 1.807) is 0 Å². The van der Waals surface area contributed by atoms with E-state index in [2.05, 4.69) is 53.7 Å². The number of benzene rings is 1. The summed E-state index contributed by atoms with van der Waals surface area (Å²) in [5.41, 5.74) is 2.80. The number of carbonyl (C=O) groups is 1. The van der Waals surface area contributed by atoms with Gasteiger partial charge in [-0.3, -0.25) is 4.79 Å². The summed E-state index contributed by atoms with van der Waals surface area (Å²) >= 11 is 0. The summed E-state index contributed by atoms with van der Waals surface area (Å²) in [7, 11) is 0. The lowest BCUT2D eigenvalue weighted by molar-refractivity contribution is -0.146. The first-order valence-corrected chi connectivity index (χ1v) is 12.4. The number of ether oxygens (including phenoxy) is 1. The Labute approximate surface area is 192 Å². The maximum absolute atomic E-state index is 12.2. The Hall–Kier alpha value is -1.51. The second kappa shape index (κ2) is 13.1. The number of phenols is 1. The number of rotatable bonds is 14. The number of phenolic OH excluding ortho intramolecular Hbond substituents is 1. The Kier molecular flexibility index (Phi) is 11.7. The lowest BCUT2D eigenvalue weighted by Crippen LogP contribution is -2.25. The van der Waals surface area contributed by atoms with Gasteiger partial charge in [0.2, 0.25) is 0 Å².